The quantitative estimate of drug-likeness (QED) is 0.679. The highest BCUT2D eigenvalue weighted by atomic mass is 32.2. The summed E-state index contributed by atoms with van der Waals surface area (Å²) < 4.78 is 49.0. The van der Waals surface area contributed by atoms with Crippen molar-refractivity contribution in [2.45, 2.75) is 38.4 Å². The maximum Gasteiger partial charge on any atom is 0.310 e. The van der Waals surface area contributed by atoms with E-state index in [9.17, 15) is 26.7 Å². The monoisotopic (exact) mass is 327 g/mol. The molecule has 20 heavy (non-hydrogen) atoms. The minimum Gasteiger partial charge on any atom is -0.481 e. The Morgan fingerprint density at radius 3 is 2.25 bits per heavy atom. The van der Waals surface area contributed by atoms with Crippen molar-refractivity contribution >= 4 is 25.8 Å². The topological polar surface area (TPSA) is 118 Å². The van der Waals surface area contributed by atoms with Crippen LogP contribution in [0.4, 0.5) is 0 Å². The standard InChI is InChI=1S/C11H21NO6S2/c1-3-11(4-2,10(13)14)8-12-20(17,18)9-5-6-19(15,16)7-9/h9,12H,3-8H2,1-2H3,(H,13,14). The van der Waals surface area contributed by atoms with E-state index in [2.05, 4.69) is 4.72 Å². The maximum absolute atomic E-state index is 12.1. The second-order valence-corrected chi connectivity index (χ2v) is 9.46. The average Bonchev–Trinajstić information content (AvgIpc) is 2.72. The third kappa shape index (κ3) is 3.70. The van der Waals surface area contributed by atoms with E-state index in [1.165, 1.54) is 0 Å². The van der Waals surface area contributed by atoms with Crippen molar-refractivity contribution in [1.82, 2.24) is 4.72 Å². The number of sulfonamides is 1. The average molecular weight is 327 g/mol. The van der Waals surface area contributed by atoms with Crippen molar-refractivity contribution in [1.29, 1.82) is 0 Å². The zero-order chi connectivity index (χ0) is 15.6. The van der Waals surface area contributed by atoms with Gasteiger partial charge < -0.3 is 5.11 Å². The van der Waals surface area contributed by atoms with Gasteiger partial charge in [-0.2, -0.15) is 0 Å². The Morgan fingerprint density at radius 1 is 1.35 bits per heavy atom. The van der Waals surface area contributed by atoms with Gasteiger partial charge in [0.25, 0.3) is 0 Å². The molecular formula is C11H21NO6S2. The first-order chi connectivity index (χ1) is 9.08. The first kappa shape index (κ1) is 17.4. The van der Waals surface area contributed by atoms with E-state index in [-0.39, 0.29) is 24.5 Å². The Hall–Kier alpha value is -0.670. The van der Waals surface area contributed by atoms with Gasteiger partial charge in [-0.25, -0.2) is 21.6 Å². The highest BCUT2D eigenvalue weighted by molar-refractivity contribution is 7.95. The molecule has 1 atom stereocenters. The van der Waals surface area contributed by atoms with Crippen LogP contribution in [0.3, 0.4) is 0 Å². The smallest absolute Gasteiger partial charge is 0.310 e. The number of carboxylic acid groups (broad SMARTS) is 1. The molecule has 9 heteroatoms. The summed E-state index contributed by atoms with van der Waals surface area (Å²) in [5, 5.41) is 8.26. The lowest BCUT2D eigenvalue weighted by atomic mass is 9.83. The van der Waals surface area contributed by atoms with E-state index in [4.69, 9.17) is 0 Å². The first-order valence-electron chi connectivity index (χ1n) is 6.51. The molecule has 0 aromatic rings. The molecule has 0 saturated carbocycles. The van der Waals surface area contributed by atoms with E-state index in [1.54, 1.807) is 13.8 Å². The lowest BCUT2D eigenvalue weighted by molar-refractivity contribution is -0.149. The molecule has 1 heterocycles. The van der Waals surface area contributed by atoms with Gasteiger partial charge >= 0.3 is 5.97 Å². The lowest BCUT2D eigenvalue weighted by Gasteiger charge is -2.27. The molecule has 1 unspecified atom stereocenters. The molecule has 1 fully saturated rings. The van der Waals surface area contributed by atoms with Gasteiger partial charge in [0.05, 0.1) is 22.2 Å². The molecule has 0 bridgehead atoms. The number of hydrogen-bond donors (Lipinski definition) is 2. The molecule has 0 aliphatic carbocycles. The summed E-state index contributed by atoms with van der Waals surface area (Å²) in [6, 6.07) is 0. The zero-order valence-corrected chi connectivity index (χ0v) is 13.3. The van der Waals surface area contributed by atoms with E-state index in [0.717, 1.165) is 0 Å². The molecule has 2 N–H and O–H groups in total. The van der Waals surface area contributed by atoms with Crippen LogP contribution in [0.5, 0.6) is 0 Å². The molecule has 0 aromatic carbocycles. The van der Waals surface area contributed by atoms with Crippen molar-refractivity contribution < 1.29 is 26.7 Å². The van der Waals surface area contributed by atoms with E-state index in [1.807, 2.05) is 0 Å². The maximum atomic E-state index is 12.1. The molecular weight excluding hydrogens is 306 g/mol. The van der Waals surface area contributed by atoms with Crippen LogP contribution in [0.2, 0.25) is 0 Å². The predicted octanol–water partition coefficient (Wildman–Crippen LogP) is -0.0161. The van der Waals surface area contributed by atoms with Gasteiger partial charge in [0.15, 0.2) is 9.84 Å². The number of sulfone groups is 1. The Bertz CT molecular complexity index is 562. The Balaban J connectivity index is 2.80. The highest BCUT2D eigenvalue weighted by Crippen LogP contribution is 2.27. The van der Waals surface area contributed by atoms with Crippen LogP contribution >= 0.6 is 0 Å². The van der Waals surface area contributed by atoms with Gasteiger partial charge in [-0.15, -0.1) is 0 Å². The van der Waals surface area contributed by atoms with Crippen LogP contribution in [0.1, 0.15) is 33.1 Å². The molecule has 0 radical (unpaired) electrons. The van der Waals surface area contributed by atoms with Crippen molar-refractivity contribution in [3.05, 3.63) is 0 Å². The molecule has 1 saturated heterocycles. The normalized spacial score (nSPS) is 22.8. The van der Waals surface area contributed by atoms with Crippen molar-refractivity contribution in [3.8, 4) is 0 Å². The summed E-state index contributed by atoms with van der Waals surface area (Å²) >= 11 is 0. The van der Waals surface area contributed by atoms with Gasteiger partial charge in [0, 0.05) is 6.54 Å². The van der Waals surface area contributed by atoms with Crippen molar-refractivity contribution in [3.63, 3.8) is 0 Å². The SMILES string of the molecule is CCC(CC)(CNS(=O)(=O)C1CCS(=O)(=O)C1)C(=O)O. The summed E-state index contributed by atoms with van der Waals surface area (Å²) in [6.45, 7) is 3.16. The number of hydrogen-bond acceptors (Lipinski definition) is 5. The van der Waals surface area contributed by atoms with E-state index >= 15 is 0 Å². The van der Waals surface area contributed by atoms with E-state index < -0.39 is 36.5 Å². The second kappa shape index (κ2) is 5.98. The van der Waals surface area contributed by atoms with Crippen LogP contribution in [0.15, 0.2) is 0 Å². The summed E-state index contributed by atoms with van der Waals surface area (Å²) in [5.41, 5.74) is -1.15. The second-order valence-electron chi connectivity index (χ2n) is 5.18. The molecule has 0 aromatic heterocycles. The number of carboxylic acids is 1. The molecule has 0 spiro atoms. The van der Waals surface area contributed by atoms with Crippen LogP contribution in [-0.2, 0) is 24.7 Å². The molecule has 1 aliphatic heterocycles. The first-order valence-corrected chi connectivity index (χ1v) is 9.87. The van der Waals surface area contributed by atoms with Gasteiger partial charge in [-0.1, -0.05) is 13.8 Å². The number of nitrogens with one attached hydrogen (secondary N) is 1. The van der Waals surface area contributed by atoms with Gasteiger partial charge in [0.1, 0.15) is 0 Å². The Kier molecular flexibility index (Phi) is 5.20. The van der Waals surface area contributed by atoms with Gasteiger partial charge in [0.2, 0.25) is 10.0 Å². The molecule has 0 amide bonds. The Labute approximate surface area is 119 Å². The zero-order valence-electron chi connectivity index (χ0n) is 11.6. The lowest BCUT2D eigenvalue weighted by Crippen LogP contribution is -2.45. The predicted molar refractivity (Wildman–Crippen MR) is 74.6 cm³/mol. The van der Waals surface area contributed by atoms with Gasteiger partial charge in [-0.3, -0.25) is 4.79 Å². The third-order valence-electron chi connectivity index (χ3n) is 4.05. The highest BCUT2D eigenvalue weighted by Gasteiger charge is 2.40. The molecule has 1 aliphatic rings. The van der Waals surface area contributed by atoms with Crippen molar-refractivity contribution in [2.75, 3.05) is 18.1 Å². The van der Waals surface area contributed by atoms with Gasteiger partial charge in [-0.05, 0) is 19.3 Å². The van der Waals surface area contributed by atoms with E-state index in [0.29, 0.717) is 12.8 Å². The summed E-state index contributed by atoms with van der Waals surface area (Å²) in [7, 11) is -7.11. The van der Waals surface area contributed by atoms with Crippen LogP contribution in [-0.4, -0.2) is 51.2 Å². The largest absolute Gasteiger partial charge is 0.481 e. The Morgan fingerprint density at radius 2 is 1.90 bits per heavy atom. The van der Waals surface area contributed by atoms with Crippen molar-refractivity contribution in [2.24, 2.45) is 5.41 Å². The summed E-state index contributed by atoms with van der Waals surface area (Å²) in [4.78, 5) is 11.3. The minimum atomic E-state index is -3.81. The minimum absolute atomic E-state index is 0.0655. The fourth-order valence-corrected chi connectivity index (χ4v) is 6.41. The molecule has 118 valence electrons. The fraction of sp³-hybridized carbons (Fsp3) is 0.909. The molecule has 1 rings (SSSR count). The summed E-state index contributed by atoms with van der Waals surface area (Å²) in [5.74, 6) is -1.57. The fourth-order valence-electron chi connectivity index (χ4n) is 2.24. The van der Waals surface area contributed by atoms with Crippen LogP contribution in [0, 0.1) is 5.41 Å². The van der Waals surface area contributed by atoms with Crippen LogP contribution < -0.4 is 4.72 Å². The number of aliphatic carboxylic acids is 1. The summed E-state index contributed by atoms with van der Waals surface area (Å²) in [6.07, 6.45) is 0.657. The number of rotatable bonds is 7. The number of carbonyl (C=O) groups is 1. The van der Waals surface area contributed by atoms with Crippen LogP contribution in [0.25, 0.3) is 0 Å². The third-order valence-corrected chi connectivity index (χ3v) is 7.85. The molecule has 7 nitrogen and oxygen atoms in total.